The van der Waals surface area contributed by atoms with Gasteiger partial charge in [-0.3, -0.25) is 0 Å². The smallest absolute Gasteiger partial charge is 0.136 e. The highest BCUT2D eigenvalue weighted by Gasteiger charge is 2.21. The van der Waals surface area contributed by atoms with Crippen molar-refractivity contribution >= 4 is 107 Å². The molecule has 0 radical (unpaired) electrons. The molecular formula is C44H24OS2. The summed E-state index contributed by atoms with van der Waals surface area (Å²) in [5, 5.41) is 12.8. The van der Waals surface area contributed by atoms with Crippen LogP contribution < -0.4 is 0 Å². The van der Waals surface area contributed by atoms with Gasteiger partial charge in [-0.25, -0.2) is 0 Å². The van der Waals surface area contributed by atoms with Gasteiger partial charge < -0.3 is 4.42 Å². The Bertz CT molecular complexity index is 3020. The molecule has 8 aromatic carbocycles. The van der Waals surface area contributed by atoms with Crippen molar-refractivity contribution in [1.82, 2.24) is 0 Å². The highest BCUT2D eigenvalue weighted by Crippen LogP contribution is 2.49. The average Bonchev–Trinajstić information content (AvgIpc) is 3.81. The van der Waals surface area contributed by atoms with Crippen LogP contribution in [0.1, 0.15) is 0 Å². The topological polar surface area (TPSA) is 13.1 Å². The van der Waals surface area contributed by atoms with E-state index in [4.69, 9.17) is 4.42 Å². The van der Waals surface area contributed by atoms with Crippen molar-refractivity contribution in [1.29, 1.82) is 0 Å². The van der Waals surface area contributed by atoms with E-state index < -0.39 is 0 Å². The van der Waals surface area contributed by atoms with E-state index in [0.717, 1.165) is 16.6 Å². The largest absolute Gasteiger partial charge is 0.456 e. The lowest BCUT2D eigenvalue weighted by Gasteiger charge is -2.18. The van der Waals surface area contributed by atoms with Crippen LogP contribution in [0, 0.1) is 0 Å². The second-order valence-corrected chi connectivity index (χ2v) is 14.5. The molecule has 11 rings (SSSR count). The van der Waals surface area contributed by atoms with Crippen LogP contribution in [0.4, 0.5) is 0 Å². The van der Waals surface area contributed by atoms with E-state index >= 15 is 0 Å². The second kappa shape index (κ2) is 9.52. The summed E-state index contributed by atoms with van der Waals surface area (Å²) in [5.41, 5.74) is 6.85. The maximum atomic E-state index is 6.34. The highest BCUT2D eigenvalue weighted by atomic mass is 32.1. The molecule has 3 heterocycles. The summed E-state index contributed by atoms with van der Waals surface area (Å²) in [6.45, 7) is 0. The molecule has 218 valence electrons. The Hall–Kier alpha value is -5.48. The Labute approximate surface area is 277 Å². The van der Waals surface area contributed by atoms with E-state index in [1.807, 2.05) is 28.7 Å². The summed E-state index contributed by atoms with van der Waals surface area (Å²) in [6, 6.07) is 53.3. The zero-order valence-electron chi connectivity index (χ0n) is 25.1. The standard InChI is InChI=1S/C44H24OS2/c1-3-13-29-27(11-1)40(25-20-21-33-39(24-25)46-38-23-22-31-26-10-6-8-19-37(26)47-44(31)43(33)38)28-12-2-4-14-30(28)41(29)34-16-9-18-36-42(34)32-15-5-7-17-35(32)45-36/h1-24H. The van der Waals surface area contributed by atoms with Crippen molar-refractivity contribution in [3.63, 3.8) is 0 Å². The summed E-state index contributed by atoms with van der Waals surface area (Å²) < 4.78 is 11.8. The molecule has 0 atom stereocenters. The van der Waals surface area contributed by atoms with Crippen molar-refractivity contribution in [3.8, 4) is 22.3 Å². The number of benzene rings is 8. The Morgan fingerprint density at radius 2 is 1.00 bits per heavy atom. The van der Waals surface area contributed by atoms with Crippen LogP contribution in [0.5, 0.6) is 0 Å². The minimum atomic E-state index is 0.920. The van der Waals surface area contributed by atoms with E-state index in [1.54, 1.807) is 0 Å². The molecule has 0 unspecified atom stereocenters. The molecule has 0 aliphatic rings. The first kappa shape index (κ1) is 25.7. The molecule has 0 aliphatic heterocycles. The molecular weight excluding hydrogens is 609 g/mol. The summed E-state index contributed by atoms with van der Waals surface area (Å²) in [4.78, 5) is 0. The molecule has 0 aliphatic carbocycles. The number of fused-ring (bicyclic) bond motifs is 12. The molecule has 1 nitrogen and oxygen atoms in total. The third kappa shape index (κ3) is 3.53. The molecule has 0 amide bonds. The van der Waals surface area contributed by atoms with Crippen molar-refractivity contribution in [2.24, 2.45) is 0 Å². The normalized spacial score (nSPS) is 12.3. The molecule has 0 spiro atoms. The van der Waals surface area contributed by atoms with Crippen LogP contribution in [0.25, 0.3) is 106 Å². The van der Waals surface area contributed by atoms with Gasteiger partial charge in [-0.05, 0) is 74.1 Å². The first-order valence-electron chi connectivity index (χ1n) is 15.9. The summed E-state index contributed by atoms with van der Waals surface area (Å²) in [5.74, 6) is 0. The lowest BCUT2D eigenvalue weighted by atomic mass is 9.85. The van der Waals surface area contributed by atoms with E-state index in [1.165, 1.54) is 89.5 Å². The van der Waals surface area contributed by atoms with Crippen LogP contribution in [-0.2, 0) is 0 Å². The molecule has 0 bridgehead atoms. The Morgan fingerprint density at radius 3 is 1.79 bits per heavy atom. The van der Waals surface area contributed by atoms with Gasteiger partial charge >= 0.3 is 0 Å². The predicted octanol–water partition coefficient (Wildman–Crippen LogP) is 14.0. The Kier molecular flexibility index (Phi) is 5.20. The lowest BCUT2D eigenvalue weighted by Crippen LogP contribution is -1.91. The lowest BCUT2D eigenvalue weighted by molar-refractivity contribution is 0.669. The van der Waals surface area contributed by atoms with E-state index in [-0.39, 0.29) is 0 Å². The summed E-state index contributed by atoms with van der Waals surface area (Å²) in [7, 11) is 0. The van der Waals surface area contributed by atoms with Crippen molar-refractivity contribution < 1.29 is 4.42 Å². The van der Waals surface area contributed by atoms with Gasteiger partial charge in [0.2, 0.25) is 0 Å². The molecule has 3 heteroatoms. The zero-order chi connectivity index (χ0) is 30.6. The number of rotatable bonds is 2. The molecule has 0 N–H and O–H groups in total. The zero-order valence-corrected chi connectivity index (χ0v) is 26.7. The van der Waals surface area contributed by atoms with Gasteiger partial charge in [-0.2, -0.15) is 0 Å². The highest BCUT2D eigenvalue weighted by molar-refractivity contribution is 7.29. The van der Waals surface area contributed by atoms with Crippen LogP contribution in [0.15, 0.2) is 150 Å². The van der Waals surface area contributed by atoms with Crippen molar-refractivity contribution in [2.75, 3.05) is 0 Å². The second-order valence-electron chi connectivity index (χ2n) is 12.3. The average molecular weight is 633 g/mol. The minimum Gasteiger partial charge on any atom is -0.456 e. The van der Waals surface area contributed by atoms with E-state index in [2.05, 4.69) is 140 Å². The number of furan rings is 1. The maximum Gasteiger partial charge on any atom is 0.136 e. The molecule has 0 saturated carbocycles. The number of hydrogen-bond acceptors (Lipinski definition) is 3. The third-order valence-electron chi connectivity index (χ3n) is 9.87. The van der Waals surface area contributed by atoms with Gasteiger partial charge in [-0.1, -0.05) is 115 Å². The van der Waals surface area contributed by atoms with Crippen LogP contribution in [-0.4, -0.2) is 0 Å². The number of thiophene rings is 2. The van der Waals surface area contributed by atoms with Crippen LogP contribution in [0.3, 0.4) is 0 Å². The first-order chi connectivity index (χ1) is 23.3. The summed E-state index contributed by atoms with van der Waals surface area (Å²) >= 11 is 3.82. The Morgan fingerprint density at radius 1 is 0.362 bits per heavy atom. The fraction of sp³-hybridized carbons (Fsp3) is 0. The first-order valence-corrected chi connectivity index (χ1v) is 17.6. The quantitative estimate of drug-likeness (QED) is 0.173. The maximum absolute atomic E-state index is 6.34. The van der Waals surface area contributed by atoms with Crippen LogP contribution >= 0.6 is 22.7 Å². The van der Waals surface area contributed by atoms with Gasteiger partial charge in [0.1, 0.15) is 11.2 Å². The molecule has 3 aromatic heterocycles. The van der Waals surface area contributed by atoms with Gasteiger partial charge in [0.15, 0.2) is 0 Å². The molecule has 11 aromatic rings. The fourth-order valence-corrected chi connectivity index (χ4v) is 10.4. The summed E-state index contributed by atoms with van der Waals surface area (Å²) in [6.07, 6.45) is 0. The molecule has 0 saturated heterocycles. The van der Waals surface area contributed by atoms with Crippen molar-refractivity contribution in [2.45, 2.75) is 0 Å². The fourth-order valence-electron chi connectivity index (χ4n) is 7.91. The van der Waals surface area contributed by atoms with Crippen molar-refractivity contribution in [3.05, 3.63) is 146 Å². The Balaban J connectivity index is 1.22. The van der Waals surface area contributed by atoms with Crippen LogP contribution in [0.2, 0.25) is 0 Å². The van der Waals surface area contributed by atoms with E-state index in [9.17, 15) is 0 Å². The minimum absolute atomic E-state index is 0.920. The predicted molar refractivity (Wildman–Crippen MR) is 205 cm³/mol. The third-order valence-corrected chi connectivity index (χ3v) is 12.2. The van der Waals surface area contributed by atoms with E-state index in [0.29, 0.717) is 0 Å². The number of hydrogen-bond donors (Lipinski definition) is 0. The molecule has 47 heavy (non-hydrogen) atoms. The monoisotopic (exact) mass is 632 g/mol. The SMILES string of the molecule is c1ccc2c(c1)oc1cccc(-c3c4ccccc4c(-c4ccc5c(c4)sc4ccc6c7ccccc7sc6c45)c4ccccc34)c12. The van der Waals surface area contributed by atoms with Gasteiger partial charge in [0.05, 0.1) is 0 Å². The van der Waals surface area contributed by atoms with Gasteiger partial charge in [0, 0.05) is 51.1 Å². The van der Waals surface area contributed by atoms with Gasteiger partial charge in [0.25, 0.3) is 0 Å². The number of para-hydroxylation sites is 1. The molecule has 0 fully saturated rings. The van der Waals surface area contributed by atoms with Gasteiger partial charge in [-0.15, -0.1) is 22.7 Å².